The van der Waals surface area contributed by atoms with Gasteiger partial charge in [-0.2, -0.15) is 5.26 Å². The van der Waals surface area contributed by atoms with Gasteiger partial charge in [-0.1, -0.05) is 6.07 Å². The Labute approximate surface area is 116 Å². The fourth-order valence-corrected chi connectivity index (χ4v) is 2.85. The Morgan fingerprint density at radius 1 is 1.32 bits per heavy atom. The molecule has 1 N–H and O–H groups in total. The van der Waals surface area contributed by atoms with Crippen LogP contribution in [0.4, 0.5) is 5.69 Å². The van der Waals surface area contributed by atoms with Crippen LogP contribution in [-0.4, -0.2) is 25.2 Å². The SMILES string of the molecule is Cc1cc(C)cc(N2CCC(C)NC(CC#N)C2)c1. The summed E-state index contributed by atoms with van der Waals surface area (Å²) in [6.45, 7) is 8.46. The van der Waals surface area contributed by atoms with Crippen molar-refractivity contribution in [3.05, 3.63) is 29.3 Å². The minimum absolute atomic E-state index is 0.267. The van der Waals surface area contributed by atoms with Crippen molar-refractivity contribution >= 4 is 5.69 Å². The first-order valence-corrected chi connectivity index (χ1v) is 7.04. The molecule has 0 aliphatic carbocycles. The minimum atomic E-state index is 0.267. The van der Waals surface area contributed by atoms with Crippen LogP contribution in [0.1, 0.15) is 30.9 Å². The molecule has 2 rings (SSSR count). The van der Waals surface area contributed by atoms with Crippen molar-refractivity contribution in [3.8, 4) is 6.07 Å². The maximum Gasteiger partial charge on any atom is 0.0638 e. The van der Waals surface area contributed by atoms with Crippen LogP contribution in [0, 0.1) is 25.2 Å². The third kappa shape index (κ3) is 3.71. The normalized spacial score (nSPS) is 23.8. The molecule has 1 aliphatic heterocycles. The molecule has 1 heterocycles. The Morgan fingerprint density at radius 2 is 2.00 bits per heavy atom. The molecule has 0 saturated carbocycles. The molecular weight excluding hydrogens is 234 g/mol. The summed E-state index contributed by atoms with van der Waals surface area (Å²) in [5, 5.41) is 12.5. The van der Waals surface area contributed by atoms with E-state index in [1.165, 1.54) is 16.8 Å². The minimum Gasteiger partial charge on any atom is -0.370 e. The Morgan fingerprint density at radius 3 is 2.63 bits per heavy atom. The molecule has 19 heavy (non-hydrogen) atoms. The number of benzene rings is 1. The highest BCUT2D eigenvalue weighted by Crippen LogP contribution is 2.21. The van der Waals surface area contributed by atoms with Crippen molar-refractivity contribution in [2.45, 2.75) is 45.7 Å². The second kappa shape index (κ2) is 6.08. The van der Waals surface area contributed by atoms with Crippen LogP contribution < -0.4 is 10.2 Å². The lowest BCUT2D eigenvalue weighted by Gasteiger charge is -2.26. The van der Waals surface area contributed by atoms with Gasteiger partial charge in [-0.3, -0.25) is 0 Å². The van der Waals surface area contributed by atoms with Crippen molar-refractivity contribution in [1.29, 1.82) is 5.26 Å². The summed E-state index contributed by atoms with van der Waals surface area (Å²) in [5.74, 6) is 0. The van der Waals surface area contributed by atoms with E-state index >= 15 is 0 Å². The van der Waals surface area contributed by atoms with Crippen LogP contribution in [0.25, 0.3) is 0 Å². The van der Waals surface area contributed by atoms with E-state index in [-0.39, 0.29) is 6.04 Å². The zero-order valence-electron chi connectivity index (χ0n) is 12.1. The summed E-state index contributed by atoms with van der Waals surface area (Å²) < 4.78 is 0. The van der Waals surface area contributed by atoms with Gasteiger partial charge >= 0.3 is 0 Å². The maximum atomic E-state index is 8.93. The van der Waals surface area contributed by atoms with Gasteiger partial charge in [0.05, 0.1) is 12.5 Å². The van der Waals surface area contributed by atoms with Gasteiger partial charge in [0, 0.05) is 30.9 Å². The topological polar surface area (TPSA) is 39.1 Å². The van der Waals surface area contributed by atoms with Gasteiger partial charge in [0.1, 0.15) is 0 Å². The Bertz CT molecular complexity index is 455. The van der Waals surface area contributed by atoms with E-state index in [1.807, 2.05) is 0 Å². The zero-order chi connectivity index (χ0) is 13.8. The van der Waals surface area contributed by atoms with E-state index < -0.39 is 0 Å². The van der Waals surface area contributed by atoms with Crippen LogP contribution in [0.5, 0.6) is 0 Å². The molecule has 1 aromatic carbocycles. The van der Waals surface area contributed by atoms with Crippen molar-refractivity contribution in [2.75, 3.05) is 18.0 Å². The Hall–Kier alpha value is -1.53. The third-order valence-corrected chi connectivity index (χ3v) is 3.70. The molecular formula is C16H23N3. The van der Waals surface area contributed by atoms with Crippen molar-refractivity contribution < 1.29 is 0 Å². The van der Waals surface area contributed by atoms with Gasteiger partial charge in [-0.15, -0.1) is 0 Å². The first-order valence-electron chi connectivity index (χ1n) is 7.04. The number of hydrogen-bond acceptors (Lipinski definition) is 3. The summed E-state index contributed by atoms with van der Waals surface area (Å²) in [5.41, 5.74) is 3.89. The molecule has 1 aromatic rings. The van der Waals surface area contributed by atoms with E-state index in [0.717, 1.165) is 19.5 Å². The molecule has 1 fully saturated rings. The van der Waals surface area contributed by atoms with Gasteiger partial charge in [0.2, 0.25) is 0 Å². The van der Waals surface area contributed by atoms with Gasteiger partial charge in [0.25, 0.3) is 0 Å². The van der Waals surface area contributed by atoms with E-state index in [4.69, 9.17) is 5.26 Å². The van der Waals surface area contributed by atoms with Crippen LogP contribution in [-0.2, 0) is 0 Å². The fourth-order valence-electron chi connectivity index (χ4n) is 2.85. The van der Waals surface area contributed by atoms with Crippen molar-refractivity contribution in [2.24, 2.45) is 0 Å². The summed E-state index contributed by atoms with van der Waals surface area (Å²) in [4.78, 5) is 2.42. The summed E-state index contributed by atoms with van der Waals surface area (Å²) in [6, 6.07) is 9.73. The molecule has 102 valence electrons. The number of hydrogen-bond donors (Lipinski definition) is 1. The van der Waals surface area contributed by atoms with Crippen LogP contribution >= 0.6 is 0 Å². The Kier molecular flexibility index (Phi) is 4.44. The molecule has 0 bridgehead atoms. The summed E-state index contributed by atoms with van der Waals surface area (Å²) in [7, 11) is 0. The lowest BCUT2D eigenvalue weighted by atomic mass is 10.1. The monoisotopic (exact) mass is 257 g/mol. The average molecular weight is 257 g/mol. The van der Waals surface area contributed by atoms with Crippen molar-refractivity contribution in [1.82, 2.24) is 5.32 Å². The van der Waals surface area contributed by atoms with Crippen LogP contribution in [0.2, 0.25) is 0 Å². The van der Waals surface area contributed by atoms with Crippen molar-refractivity contribution in [3.63, 3.8) is 0 Å². The number of rotatable bonds is 2. The predicted molar refractivity (Wildman–Crippen MR) is 79.4 cm³/mol. The molecule has 3 heteroatoms. The highest BCUT2D eigenvalue weighted by molar-refractivity contribution is 5.51. The number of nitriles is 1. The lowest BCUT2D eigenvalue weighted by molar-refractivity contribution is 0.473. The molecule has 3 nitrogen and oxygen atoms in total. The summed E-state index contributed by atoms with van der Waals surface area (Å²) in [6.07, 6.45) is 1.69. The number of anilines is 1. The third-order valence-electron chi connectivity index (χ3n) is 3.70. The second-order valence-corrected chi connectivity index (χ2v) is 5.71. The second-order valence-electron chi connectivity index (χ2n) is 5.71. The van der Waals surface area contributed by atoms with Crippen LogP contribution in [0.3, 0.4) is 0 Å². The van der Waals surface area contributed by atoms with Gasteiger partial charge in [-0.25, -0.2) is 0 Å². The smallest absolute Gasteiger partial charge is 0.0638 e. The number of nitrogens with zero attached hydrogens (tertiary/aromatic N) is 2. The maximum absolute atomic E-state index is 8.93. The van der Waals surface area contributed by atoms with E-state index in [1.54, 1.807) is 0 Å². The van der Waals surface area contributed by atoms with Gasteiger partial charge < -0.3 is 10.2 Å². The van der Waals surface area contributed by atoms with Gasteiger partial charge in [-0.05, 0) is 50.5 Å². The predicted octanol–water partition coefficient (Wildman–Crippen LogP) is 2.77. The lowest BCUT2D eigenvalue weighted by Crippen LogP contribution is -2.40. The molecule has 0 aromatic heterocycles. The molecule has 2 unspecified atom stereocenters. The van der Waals surface area contributed by atoms with E-state index in [9.17, 15) is 0 Å². The largest absolute Gasteiger partial charge is 0.370 e. The molecule has 2 atom stereocenters. The molecule has 0 radical (unpaired) electrons. The molecule has 0 amide bonds. The Balaban J connectivity index is 2.20. The van der Waals surface area contributed by atoms with E-state index in [2.05, 4.69) is 55.3 Å². The first kappa shape index (κ1) is 13.9. The van der Waals surface area contributed by atoms with Gasteiger partial charge in [0.15, 0.2) is 0 Å². The zero-order valence-corrected chi connectivity index (χ0v) is 12.1. The molecule has 1 aliphatic rings. The first-order chi connectivity index (χ1) is 9.08. The molecule has 1 saturated heterocycles. The molecule has 0 spiro atoms. The summed E-state index contributed by atoms with van der Waals surface area (Å²) >= 11 is 0. The van der Waals surface area contributed by atoms with Crippen LogP contribution in [0.15, 0.2) is 18.2 Å². The highest BCUT2D eigenvalue weighted by Gasteiger charge is 2.21. The quantitative estimate of drug-likeness (QED) is 0.885. The fraction of sp³-hybridized carbons (Fsp3) is 0.562. The number of nitrogens with one attached hydrogen (secondary N) is 1. The number of aryl methyl sites for hydroxylation is 2. The average Bonchev–Trinajstić information content (AvgIpc) is 2.50. The van der Waals surface area contributed by atoms with E-state index in [0.29, 0.717) is 12.5 Å². The highest BCUT2D eigenvalue weighted by atomic mass is 15.2. The standard InChI is InChI=1S/C16H23N3/c1-12-8-13(2)10-16(9-12)19-7-5-14(3)18-15(11-19)4-6-17/h8-10,14-15,18H,4-5,7,11H2,1-3H3.